The number of nitrogens with two attached hydrogens (primary N) is 1. The number of rotatable bonds is 3. The number of halogens is 4. The molecule has 2 amide bonds. The van der Waals surface area contributed by atoms with Crippen LogP contribution in [0.2, 0.25) is 0 Å². The highest BCUT2D eigenvalue weighted by Crippen LogP contribution is 2.34. The zero-order valence-electron chi connectivity index (χ0n) is 9.58. The molecular formula is C10H9F4N3O2. The normalized spacial score (nSPS) is 11.6. The SMILES string of the molecule is COc1cc(F)c(C(F)(F)F)cc1C=NNC(N)=O. The van der Waals surface area contributed by atoms with E-state index in [0.717, 1.165) is 13.3 Å². The second kappa shape index (κ2) is 5.55. The topological polar surface area (TPSA) is 76.7 Å². The second-order valence-corrected chi connectivity index (χ2v) is 3.31. The van der Waals surface area contributed by atoms with Crippen LogP contribution >= 0.6 is 0 Å². The molecule has 0 atom stereocenters. The minimum Gasteiger partial charge on any atom is -0.496 e. The van der Waals surface area contributed by atoms with Crippen molar-refractivity contribution in [3.05, 3.63) is 29.1 Å². The van der Waals surface area contributed by atoms with Crippen molar-refractivity contribution in [2.45, 2.75) is 6.18 Å². The number of carbonyl (C=O) groups is 1. The molecule has 0 fully saturated rings. The highest BCUT2D eigenvalue weighted by molar-refractivity contribution is 5.85. The van der Waals surface area contributed by atoms with Crippen LogP contribution in [0.25, 0.3) is 0 Å². The molecule has 104 valence electrons. The Bertz CT molecular complexity index is 514. The Kier molecular flexibility index (Phi) is 4.30. The average molecular weight is 279 g/mol. The summed E-state index contributed by atoms with van der Waals surface area (Å²) >= 11 is 0. The molecule has 0 aromatic heterocycles. The number of benzene rings is 1. The molecule has 1 aromatic rings. The molecular weight excluding hydrogens is 270 g/mol. The van der Waals surface area contributed by atoms with Gasteiger partial charge in [0.25, 0.3) is 0 Å². The number of hydrazone groups is 1. The fourth-order valence-electron chi connectivity index (χ4n) is 1.23. The van der Waals surface area contributed by atoms with Gasteiger partial charge in [0.1, 0.15) is 11.6 Å². The molecule has 0 saturated heterocycles. The van der Waals surface area contributed by atoms with Crippen LogP contribution < -0.4 is 15.9 Å². The van der Waals surface area contributed by atoms with Crippen LogP contribution in [0.3, 0.4) is 0 Å². The van der Waals surface area contributed by atoms with Crippen molar-refractivity contribution >= 4 is 12.2 Å². The van der Waals surface area contributed by atoms with Gasteiger partial charge in [0, 0.05) is 11.6 Å². The number of hydrogen-bond acceptors (Lipinski definition) is 3. The lowest BCUT2D eigenvalue weighted by atomic mass is 10.1. The summed E-state index contributed by atoms with van der Waals surface area (Å²) in [4.78, 5) is 10.4. The Balaban J connectivity index is 3.21. The summed E-state index contributed by atoms with van der Waals surface area (Å²) in [6, 6.07) is 0.0998. The summed E-state index contributed by atoms with van der Waals surface area (Å²) in [7, 11) is 1.15. The quantitative estimate of drug-likeness (QED) is 0.503. The van der Waals surface area contributed by atoms with Gasteiger partial charge in [0.15, 0.2) is 0 Å². The summed E-state index contributed by atoms with van der Waals surface area (Å²) < 4.78 is 55.4. The molecule has 0 saturated carbocycles. The summed E-state index contributed by atoms with van der Waals surface area (Å²) in [6.45, 7) is 0. The summed E-state index contributed by atoms with van der Waals surface area (Å²) in [5, 5.41) is 3.28. The lowest BCUT2D eigenvalue weighted by molar-refractivity contribution is -0.140. The molecule has 0 bridgehead atoms. The standard InChI is InChI=1S/C10H9F4N3O2/c1-19-8-3-7(11)6(10(12,13)14)2-5(8)4-16-17-9(15)18/h2-4H,1H3,(H3,15,17,18). The number of nitrogens with one attached hydrogen (secondary N) is 1. The van der Waals surface area contributed by atoms with Crippen LogP contribution in [-0.2, 0) is 6.18 Å². The maximum Gasteiger partial charge on any atom is 0.419 e. The van der Waals surface area contributed by atoms with E-state index in [4.69, 9.17) is 10.5 Å². The summed E-state index contributed by atoms with van der Waals surface area (Å²) in [6.07, 6.45) is -3.99. The number of ether oxygens (including phenoxy) is 1. The Morgan fingerprint density at radius 1 is 1.47 bits per heavy atom. The van der Waals surface area contributed by atoms with E-state index in [1.165, 1.54) is 0 Å². The van der Waals surface area contributed by atoms with Crippen LogP contribution in [0.5, 0.6) is 5.75 Å². The number of urea groups is 1. The smallest absolute Gasteiger partial charge is 0.419 e. The number of methoxy groups -OCH3 is 1. The first-order valence-electron chi connectivity index (χ1n) is 4.79. The van der Waals surface area contributed by atoms with E-state index in [-0.39, 0.29) is 11.3 Å². The van der Waals surface area contributed by atoms with Gasteiger partial charge in [-0.25, -0.2) is 14.6 Å². The molecule has 0 heterocycles. The predicted molar refractivity (Wildman–Crippen MR) is 58.3 cm³/mol. The Hall–Kier alpha value is -2.32. The molecule has 0 aliphatic heterocycles. The molecule has 0 unspecified atom stereocenters. The summed E-state index contributed by atoms with van der Waals surface area (Å²) in [5.74, 6) is -1.63. The first-order valence-corrected chi connectivity index (χ1v) is 4.79. The number of alkyl halides is 3. The largest absolute Gasteiger partial charge is 0.496 e. The number of hydrogen-bond donors (Lipinski definition) is 2. The third-order valence-corrected chi connectivity index (χ3v) is 2.00. The first kappa shape index (κ1) is 14.7. The zero-order valence-corrected chi connectivity index (χ0v) is 9.58. The Morgan fingerprint density at radius 2 is 2.11 bits per heavy atom. The molecule has 19 heavy (non-hydrogen) atoms. The lowest BCUT2D eigenvalue weighted by Gasteiger charge is -2.11. The molecule has 0 aliphatic rings. The van der Waals surface area contributed by atoms with Crippen molar-refractivity contribution in [2.75, 3.05) is 7.11 Å². The van der Waals surface area contributed by atoms with Crippen molar-refractivity contribution in [2.24, 2.45) is 10.8 Å². The molecule has 3 N–H and O–H groups in total. The van der Waals surface area contributed by atoms with Gasteiger partial charge in [0.05, 0.1) is 18.9 Å². The summed E-state index contributed by atoms with van der Waals surface area (Å²) in [5.41, 5.74) is 4.89. The highest BCUT2D eigenvalue weighted by Gasteiger charge is 2.35. The van der Waals surface area contributed by atoms with Gasteiger partial charge in [-0.3, -0.25) is 0 Å². The van der Waals surface area contributed by atoms with E-state index in [1.54, 1.807) is 5.43 Å². The lowest BCUT2D eigenvalue weighted by Crippen LogP contribution is -2.24. The maximum atomic E-state index is 13.2. The monoisotopic (exact) mass is 279 g/mol. The van der Waals surface area contributed by atoms with Crippen LogP contribution in [0.4, 0.5) is 22.4 Å². The van der Waals surface area contributed by atoms with Crippen molar-refractivity contribution in [3.63, 3.8) is 0 Å². The van der Waals surface area contributed by atoms with Gasteiger partial charge in [-0.1, -0.05) is 0 Å². The van der Waals surface area contributed by atoms with E-state index in [2.05, 4.69) is 5.10 Å². The number of primary amides is 1. The van der Waals surface area contributed by atoms with Crippen LogP contribution in [0.15, 0.2) is 17.2 Å². The fourth-order valence-corrected chi connectivity index (χ4v) is 1.23. The van der Waals surface area contributed by atoms with Crippen molar-refractivity contribution in [1.29, 1.82) is 0 Å². The number of nitrogens with zero attached hydrogens (tertiary/aromatic N) is 1. The number of amides is 2. The van der Waals surface area contributed by atoms with Crippen LogP contribution in [-0.4, -0.2) is 19.4 Å². The molecule has 0 radical (unpaired) electrons. The van der Waals surface area contributed by atoms with Gasteiger partial charge in [-0.2, -0.15) is 18.3 Å². The zero-order chi connectivity index (χ0) is 14.6. The third-order valence-electron chi connectivity index (χ3n) is 2.00. The van der Waals surface area contributed by atoms with Gasteiger partial charge in [0.2, 0.25) is 0 Å². The van der Waals surface area contributed by atoms with Gasteiger partial charge >= 0.3 is 12.2 Å². The molecule has 1 aromatic carbocycles. The van der Waals surface area contributed by atoms with E-state index >= 15 is 0 Å². The maximum absolute atomic E-state index is 13.2. The Morgan fingerprint density at radius 3 is 2.58 bits per heavy atom. The molecule has 0 spiro atoms. The molecule has 9 heteroatoms. The predicted octanol–water partition coefficient (Wildman–Crippen LogP) is 1.86. The minimum atomic E-state index is -4.85. The minimum absolute atomic E-state index is 0.162. The van der Waals surface area contributed by atoms with Crippen molar-refractivity contribution in [1.82, 2.24) is 5.43 Å². The van der Waals surface area contributed by atoms with E-state index < -0.39 is 23.6 Å². The Labute approximate surface area is 105 Å². The van der Waals surface area contributed by atoms with E-state index in [0.29, 0.717) is 12.1 Å². The van der Waals surface area contributed by atoms with E-state index in [1.807, 2.05) is 0 Å². The first-order chi connectivity index (χ1) is 8.75. The van der Waals surface area contributed by atoms with Gasteiger partial charge in [-0.05, 0) is 6.07 Å². The van der Waals surface area contributed by atoms with Crippen LogP contribution in [0.1, 0.15) is 11.1 Å². The third kappa shape index (κ3) is 3.83. The van der Waals surface area contributed by atoms with Gasteiger partial charge in [-0.15, -0.1) is 0 Å². The highest BCUT2D eigenvalue weighted by atomic mass is 19.4. The molecule has 0 aliphatic carbocycles. The van der Waals surface area contributed by atoms with Crippen molar-refractivity contribution in [3.8, 4) is 5.75 Å². The van der Waals surface area contributed by atoms with Crippen molar-refractivity contribution < 1.29 is 27.1 Å². The molecule has 1 rings (SSSR count). The van der Waals surface area contributed by atoms with Crippen LogP contribution in [0, 0.1) is 5.82 Å². The fraction of sp³-hybridized carbons (Fsp3) is 0.200. The molecule has 5 nitrogen and oxygen atoms in total. The van der Waals surface area contributed by atoms with Gasteiger partial charge < -0.3 is 10.5 Å². The van der Waals surface area contributed by atoms with E-state index in [9.17, 15) is 22.4 Å². The average Bonchev–Trinajstić information content (AvgIpc) is 2.28. The number of carbonyl (C=O) groups excluding carboxylic acids is 1. The second-order valence-electron chi connectivity index (χ2n) is 3.31.